The highest BCUT2D eigenvalue weighted by atomic mass is 28.4. The van der Waals surface area contributed by atoms with Gasteiger partial charge in [-0.05, 0) is 25.1 Å². The average Bonchev–Trinajstić information content (AvgIpc) is 1.99. The van der Waals surface area contributed by atoms with E-state index in [0.717, 1.165) is 12.8 Å². The summed E-state index contributed by atoms with van der Waals surface area (Å²) in [6.45, 7) is 10.5. The van der Waals surface area contributed by atoms with E-state index in [1.807, 2.05) is 0 Å². The van der Waals surface area contributed by atoms with Crippen molar-refractivity contribution >= 4 is 14.3 Å². The SMILES string of the molecule is CCCCC(=O)O[Si](C)(C)C(C)C. The van der Waals surface area contributed by atoms with E-state index in [-0.39, 0.29) is 5.97 Å². The van der Waals surface area contributed by atoms with Crippen LogP contribution >= 0.6 is 0 Å². The monoisotopic (exact) mass is 202 g/mol. The molecule has 0 aromatic carbocycles. The van der Waals surface area contributed by atoms with Gasteiger partial charge in [-0.25, -0.2) is 0 Å². The van der Waals surface area contributed by atoms with Crippen molar-refractivity contribution in [2.24, 2.45) is 0 Å². The van der Waals surface area contributed by atoms with Gasteiger partial charge in [0.15, 0.2) is 0 Å². The Kier molecular flexibility index (Phi) is 5.29. The van der Waals surface area contributed by atoms with E-state index in [4.69, 9.17) is 4.43 Å². The molecule has 0 aliphatic carbocycles. The molecule has 0 atom stereocenters. The maximum absolute atomic E-state index is 11.3. The molecule has 3 heteroatoms. The number of hydrogen-bond donors (Lipinski definition) is 0. The predicted molar refractivity (Wildman–Crippen MR) is 58.2 cm³/mol. The van der Waals surface area contributed by atoms with Gasteiger partial charge in [0.1, 0.15) is 0 Å². The molecule has 0 fully saturated rings. The number of rotatable bonds is 5. The molecule has 0 aliphatic rings. The summed E-state index contributed by atoms with van der Waals surface area (Å²) < 4.78 is 5.50. The zero-order chi connectivity index (χ0) is 10.5. The lowest BCUT2D eigenvalue weighted by atomic mass is 10.3. The van der Waals surface area contributed by atoms with Crippen LogP contribution in [-0.2, 0) is 9.22 Å². The highest BCUT2D eigenvalue weighted by Crippen LogP contribution is 2.22. The highest BCUT2D eigenvalue weighted by Gasteiger charge is 2.30. The van der Waals surface area contributed by atoms with Crippen LogP contribution in [0.3, 0.4) is 0 Å². The van der Waals surface area contributed by atoms with E-state index in [2.05, 4.69) is 33.9 Å². The summed E-state index contributed by atoms with van der Waals surface area (Å²) >= 11 is 0. The van der Waals surface area contributed by atoms with Crippen molar-refractivity contribution in [3.05, 3.63) is 0 Å². The molecule has 0 rings (SSSR count). The van der Waals surface area contributed by atoms with Crippen LogP contribution in [0.4, 0.5) is 0 Å². The van der Waals surface area contributed by atoms with E-state index in [9.17, 15) is 4.79 Å². The molecule has 0 saturated carbocycles. The van der Waals surface area contributed by atoms with Gasteiger partial charge in [0.25, 0.3) is 14.3 Å². The van der Waals surface area contributed by atoms with Gasteiger partial charge in [-0.15, -0.1) is 0 Å². The Morgan fingerprint density at radius 1 is 1.38 bits per heavy atom. The summed E-state index contributed by atoms with van der Waals surface area (Å²) in [4.78, 5) is 11.3. The van der Waals surface area contributed by atoms with Crippen molar-refractivity contribution in [3.63, 3.8) is 0 Å². The Hall–Kier alpha value is -0.313. The third kappa shape index (κ3) is 5.08. The second kappa shape index (κ2) is 5.42. The fourth-order valence-electron chi connectivity index (χ4n) is 0.783. The maximum Gasteiger partial charge on any atom is 0.292 e. The van der Waals surface area contributed by atoms with Gasteiger partial charge < -0.3 is 4.43 Å². The average molecular weight is 202 g/mol. The summed E-state index contributed by atoms with van der Waals surface area (Å²) in [6.07, 6.45) is 2.58. The molecule has 0 radical (unpaired) electrons. The minimum Gasteiger partial charge on any atom is -0.519 e. The van der Waals surface area contributed by atoms with E-state index >= 15 is 0 Å². The number of carbonyl (C=O) groups is 1. The van der Waals surface area contributed by atoms with Crippen molar-refractivity contribution in [3.8, 4) is 0 Å². The molecule has 2 nitrogen and oxygen atoms in total. The smallest absolute Gasteiger partial charge is 0.292 e. The van der Waals surface area contributed by atoms with Crippen LogP contribution in [0.2, 0.25) is 18.6 Å². The lowest BCUT2D eigenvalue weighted by molar-refractivity contribution is -0.135. The zero-order valence-electron chi connectivity index (χ0n) is 9.52. The molecule has 0 aromatic heterocycles. The summed E-state index contributed by atoms with van der Waals surface area (Å²) in [5, 5.41) is 0. The molecule has 0 bridgehead atoms. The molecule has 0 N–H and O–H groups in total. The number of carbonyl (C=O) groups excluding carboxylic acids is 1. The third-order valence-corrected chi connectivity index (χ3v) is 6.04. The third-order valence-electron chi connectivity index (χ3n) is 2.50. The van der Waals surface area contributed by atoms with Crippen LogP contribution in [0, 0.1) is 0 Å². The highest BCUT2D eigenvalue weighted by molar-refractivity contribution is 6.73. The molecule has 0 aliphatic heterocycles. The van der Waals surface area contributed by atoms with Gasteiger partial charge in [-0.1, -0.05) is 27.2 Å². The molecule has 0 heterocycles. The topological polar surface area (TPSA) is 26.3 Å². The molecule has 0 amide bonds. The van der Waals surface area contributed by atoms with E-state index < -0.39 is 8.32 Å². The Balaban J connectivity index is 3.90. The molecule has 0 unspecified atom stereocenters. The Morgan fingerprint density at radius 2 is 1.92 bits per heavy atom. The lowest BCUT2D eigenvalue weighted by Crippen LogP contribution is -2.36. The minimum absolute atomic E-state index is 0.00721. The zero-order valence-corrected chi connectivity index (χ0v) is 10.5. The van der Waals surface area contributed by atoms with E-state index in [1.165, 1.54) is 0 Å². The van der Waals surface area contributed by atoms with Crippen LogP contribution in [0.5, 0.6) is 0 Å². The van der Waals surface area contributed by atoms with Crippen LogP contribution in [0.1, 0.15) is 40.0 Å². The number of unbranched alkanes of at least 4 members (excludes halogenated alkanes) is 1. The van der Waals surface area contributed by atoms with Crippen LogP contribution in [0.15, 0.2) is 0 Å². The van der Waals surface area contributed by atoms with Crippen molar-refractivity contribution in [2.45, 2.75) is 58.7 Å². The largest absolute Gasteiger partial charge is 0.519 e. The molecule has 78 valence electrons. The molecule has 0 saturated heterocycles. The summed E-state index contributed by atoms with van der Waals surface area (Å²) in [5.41, 5.74) is 0.498. The second-order valence-corrected chi connectivity index (χ2v) is 8.90. The van der Waals surface area contributed by atoms with Crippen LogP contribution in [-0.4, -0.2) is 14.3 Å². The Morgan fingerprint density at radius 3 is 2.31 bits per heavy atom. The van der Waals surface area contributed by atoms with Crippen molar-refractivity contribution in [1.82, 2.24) is 0 Å². The van der Waals surface area contributed by atoms with Gasteiger partial charge in [0.05, 0.1) is 0 Å². The first-order valence-electron chi connectivity index (χ1n) is 5.12. The second-order valence-electron chi connectivity index (χ2n) is 4.34. The molecular weight excluding hydrogens is 180 g/mol. The number of hydrogen-bond acceptors (Lipinski definition) is 2. The first kappa shape index (κ1) is 12.7. The summed E-state index contributed by atoms with van der Waals surface area (Å²) in [7, 11) is -1.74. The molecule has 0 spiro atoms. The Labute approximate surface area is 82.8 Å². The molecule has 0 aromatic rings. The summed E-state index contributed by atoms with van der Waals surface area (Å²) in [5.74, 6) is -0.00721. The van der Waals surface area contributed by atoms with Gasteiger partial charge in [0.2, 0.25) is 0 Å². The van der Waals surface area contributed by atoms with Crippen molar-refractivity contribution < 1.29 is 9.22 Å². The summed E-state index contributed by atoms with van der Waals surface area (Å²) in [6, 6.07) is 0. The van der Waals surface area contributed by atoms with Crippen LogP contribution in [0.25, 0.3) is 0 Å². The fraction of sp³-hybridized carbons (Fsp3) is 0.900. The lowest BCUT2D eigenvalue weighted by Gasteiger charge is -2.26. The van der Waals surface area contributed by atoms with Crippen molar-refractivity contribution in [1.29, 1.82) is 0 Å². The predicted octanol–water partition coefficient (Wildman–Crippen LogP) is 3.33. The molecule has 13 heavy (non-hydrogen) atoms. The maximum atomic E-state index is 11.3. The first-order chi connectivity index (χ1) is 5.90. The molecular formula is C10H22O2Si. The van der Waals surface area contributed by atoms with Gasteiger partial charge in [-0.2, -0.15) is 0 Å². The minimum atomic E-state index is -1.74. The van der Waals surface area contributed by atoms with Crippen LogP contribution < -0.4 is 0 Å². The van der Waals surface area contributed by atoms with Gasteiger partial charge in [0, 0.05) is 6.42 Å². The quantitative estimate of drug-likeness (QED) is 0.639. The Bertz CT molecular complexity index is 164. The van der Waals surface area contributed by atoms with E-state index in [0.29, 0.717) is 12.0 Å². The first-order valence-corrected chi connectivity index (χ1v) is 8.10. The van der Waals surface area contributed by atoms with Gasteiger partial charge >= 0.3 is 0 Å². The van der Waals surface area contributed by atoms with Gasteiger partial charge in [-0.3, -0.25) is 4.79 Å². The normalized spacial score (nSPS) is 11.8. The van der Waals surface area contributed by atoms with E-state index in [1.54, 1.807) is 0 Å². The standard InChI is InChI=1S/C10H22O2Si/c1-6-7-8-10(11)12-13(4,5)9(2)3/h9H,6-8H2,1-5H3. The van der Waals surface area contributed by atoms with Crippen molar-refractivity contribution in [2.75, 3.05) is 0 Å². The fourth-order valence-corrected chi connectivity index (χ4v) is 1.71.